The van der Waals surface area contributed by atoms with Crippen molar-refractivity contribution in [1.82, 2.24) is 0 Å². The standard InChI is InChI=1S/C22H30N2O4S/c1-6-7-17(5)23-20-13-10-18(22(25)28-15(2)3)14-21(20)29(26,27)24-19-11-8-16(4)9-12-19/h8-15,17,23-24H,6-7H2,1-5H3/t17-/m0/s1. The van der Waals surface area contributed by atoms with Crippen molar-refractivity contribution < 1.29 is 17.9 Å². The summed E-state index contributed by atoms with van der Waals surface area (Å²) in [5.41, 5.74) is 2.13. The van der Waals surface area contributed by atoms with Gasteiger partial charge in [0, 0.05) is 11.7 Å². The molecule has 158 valence electrons. The summed E-state index contributed by atoms with van der Waals surface area (Å²) >= 11 is 0. The molecule has 7 heteroatoms. The van der Waals surface area contributed by atoms with E-state index in [9.17, 15) is 13.2 Å². The number of benzene rings is 2. The summed E-state index contributed by atoms with van der Waals surface area (Å²) in [5, 5.41) is 3.25. The first-order chi connectivity index (χ1) is 13.6. The summed E-state index contributed by atoms with van der Waals surface area (Å²) in [7, 11) is -3.92. The molecule has 0 bridgehead atoms. The number of carbonyl (C=O) groups excluding carboxylic acids is 1. The van der Waals surface area contributed by atoms with E-state index < -0.39 is 16.0 Å². The normalized spacial score (nSPS) is 12.5. The van der Waals surface area contributed by atoms with Gasteiger partial charge in [0.05, 0.1) is 17.4 Å². The quantitative estimate of drug-likeness (QED) is 0.562. The van der Waals surface area contributed by atoms with E-state index >= 15 is 0 Å². The van der Waals surface area contributed by atoms with Crippen molar-refractivity contribution in [3.05, 3.63) is 53.6 Å². The van der Waals surface area contributed by atoms with Gasteiger partial charge < -0.3 is 10.1 Å². The average Bonchev–Trinajstić information content (AvgIpc) is 2.63. The molecule has 2 aromatic carbocycles. The number of nitrogens with one attached hydrogen (secondary N) is 2. The topological polar surface area (TPSA) is 84.5 Å². The lowest BCUT2D eigenvalue weighted by molar-refractivity contribution is 0.0377. The fraction of sp³-hybridized carbons (Fsp3) is 0.409. The van der Waals surface area contributed by atoms with Gasteiger partial charge >= 0.3 is 5.97 Å². The zero-order valence-corrected chi connectivity index (χ0v) is 18.5. The summed E-state index contributed by atoms with van der Waals surface area (Å²) in [6, 6.07) is 11.7. The van der Waals surface area contributed by atoms with E-state index in [1.54, 1.807) is 38.1 Å². The molecular formula is C22H30N2O4S. The molecule has 0 amide bonds. The summed E-state index contributed by atoms with van der Waals surface area (Å²) in [5.74, 6) is -0.556. The Morgan fingerprint density at radius 1 is 1.07 bits per heavy atom. The van der Waals surface area contributed by atoms with Crippen LogP contribution in [-0.2, 0) is 14.8 Å². The second kappa shape index (κ2) is 9.78. The molecular weight excluding hydrogens is 388 g/mol. The molecule has 2 aromatic rings. The van der Waals surface area contributed by atoms with Crippen molar-refractivity contribution in [3.8, 4) is 0 Å². The van der Waals surface area contributed by atoms with Gasteiger partial charge in [0.2, 0.25) is 0 Å². The Bertz CT molecular complexity index is 938. The molecule has 0 aliphatic heterocycles. The largest absolute Gasteiger partial charge is 0.459 e. The Labute approximate surface area is 173 Å². The highest BCUT2D eigenvalue weighted by atomic mass is 32.2. The molecule has 0 aliphatic carbocycles. The zero-order chi connectivity index (χ0) is 21.6. The smallest absolute Gasteiger partial charge is 0.338 e. The predicted molar refractivity (Wildman–Crippen MR) is 117 cm³/mol. The van der Waals surface area contributed by atoms with E-state index in [0.717, 1.165) is 18.4 Å². The van der Waals surface area contributed by atoms with Crippen LogP contribution in [0.4, 0.5) is 11.4 Å². The number of hydrogen-bond donors (Lipinski definition) is 2. The van der Waals surface area contributed by atoms with E-state index in [-0.39, 0.29) is 22.6 Å². The number of carbonyl (C=O) groups is 1. The third-order valence-electron chi connectivity index (χ3n) is 4.28. The Hall–Kier alpha value is -2.54. The first kappa shape index (κ1) is 22.7. The van der Waals surface area contributed by atoms with Gasteiger partial charge in [-0.25, -0.2) is 13.2 Å². The maximum absolute atomic E-state index is 13.1. The number of hydrogen-bond acceptors (Lipinski definition) is 5. The highest BCUT2D eigenvalue weighted by Gasteiger charge is 2.23. The Kier molecular flexibility index (Phi) is 7.67. The minimum absolute atomic E-state index is 0.0132. The molecule has 2 rings (SSSR count). The third-order valence-corrected chi connectivity index (χ3v) is 5.70. The number of sulfonamides is 1. The number of aryl methyl sites for hydroxylation is 1. The van der Waals surface area contributed by atoms with Crippen molar-refractivity contribution >= 4 is 27.4 Å². The molecule has 6 nitrogen and oxygen atoms in total. The van der Waals surface area contributed by atoms with Crippen LogP contribution >= 0.6 is 0 Å². The van der Waals surface area contributed by atoms with Crippen LogP contribution in [0.3, 0.4) is 0 Å². The molecule has 0 radical (unpaired) electrons. The van der Waals surface area contributed by atoms with Gasteiger partial charge in [-0.1, -0.05) is 31.0 Å². The molecule has 0 saturated heterocycles. The number of esters is 1. The minimum atomic E-state index is -3.92. The summed E-state index contributed by atoms with van der Waals surface area (Å²) in [6.07, 6.45) is 1.56. The van der Waals surface area contributed by atoms with Gasteiger partial charge in [0.15, 0.2) is 0 Å². The number of rotatable bonds is 9. The lowest BCUT2D eigenvalue weighted by Crippen LogP contribution is -2.21. The number of ether oxygens (including phenoxy) is 1. The highest BCUT2D eigenvalue weighted by molar-refractivity contribution is 7.92. The van der Waals surface area contributed by atoms with E-state index in [4.69, 9.17) is 4.74 Å². The van der Waals surface area contributed by atoms with Gasteiger partial charge in [-0.2, -0.15) is 0 Å². The molecule has 29 heavy (non-hydrogen) atoms. The summed E-state index contributed by atoms with van der Waals surface area (Å²) < 4.78 is 34.1. The van der Waals surface area contributed by atoms with Crippen LogP contribution in [0.5, 0.6) is 0 Å². The average molecular weight is 419 g/mol. The molecule has 0 saturated carbocycles. The van der Waals surface area contributed by atoms with E-state index in [2.05, 4.69) is 17.0 Å². The fourth-order valence-electron chi connectivity index (χ4n) is 2.88. The maximum Gasteiger partial charge on any atom is 0.338 e. The molecule has 0 aromatic heterocycles. The van der Waals surface area contributed by atoms with Crippen molar-refractivity contribution in [2.24, 2.45) is 0 Å². The molecule has 0 aliphatic rings. The van der Waals surface area contributed by atoms with Gasteiger partial charge in [-0.05, 0) is 64.4 Å². The second-order valence-corrected chi connectivity index (χ2v) is 9.12. The van der Waals surface area contributed by atoms with Gasteiger partial charge in [-0.3, -0.25) is 4.72 Å². The van der Waals surface area contributed by atoms with E-state index in [1.807, 2.05) is 26.0 Å². The number of anilines is 2. The Balaban J connectivity index is 2.44. The zero-order valence-electron chi connectivity index (χ0n) is 17.7. The van der Waals surface area contributed by atoms with Crippen LogP contribution in [0.15, 0.2) is 47.4 Å². The molecule has 0 fully saturated rings. The van der Waals surface area contributed by atoms with Crippen LogP contribution in [0.25, 0.3) is 0 Å². The van der Waals surface area contributed by atoms with E-state index in [0.29, 0.717) is 11.4 Å². The Morgan fingerprint density at radius 3 is 2.31 bits per heavy atom. The lowest BCUT2D eigenvalue weighted by atomic mass is 10.1. The van der Waals surface area contributed by atoms with Crippen LogP contribution in [0, 0.1) is 6.92 Å². The first-order valence-corrected chi connectivity index (χ1v) is 11.3. The van der Waals surface area contributed by atoms with Crippen LogP contribution in [-0.4, -0.2) is 26.5 Å². The summed E-state index contributed by atoms with van der Waals surface area (Å²) in [4.78, 5) is 12.3. The van der Waals surface area contributed by atoms with Gasteiger partial charge in [0.25, 0.3) is 10.0 Å². The maximum atomic E-state index is 13.1. The van der Waals surface area contributed by atoms with Crippen LogP contribution in [0.1, 0.15) is 56.5 Å². The van der Waals surface area contributed by atoms with Crippen molar-refractivity contribution in [1.29, 1.82) is 0 Å². The molecule has 1 atom stereocenters. The van der Waals surface area contributed by atoms with Crippen LogP contribution in [0.2, 0.25) is 0 Å². The molecule has 0 unspecified atom stereocenters. The van der Waals surface area contributed by atoms with Crippen molar-refractivity contribution in [2.45, 2.75) is 64.5 Å². The molecule has 0 heterocycles. The summed E-state index contributed by atoms with van der Waals surface area (Å²) in [6.45, 7) is 9.49. The van der Waals surface area contributed by atoms with Crippen LogP contribution < -0.4 is 10.0 Å². The van der Waals surface area contributed by atoms with Gasteiger partial charge in [0.1, 0.15) is 4.90 Å². The van der Waals surface area contributed by atoms with Gasteiger partial charge in [-0.15, -0.1) is 0 Å². The lowest BCUT2D eigenvalue weighted by Gasteiger charge is -2.19. The third kappa shape index (κ3) is 6.49. The molecule has 0 spiro atoms. The SMILES string of the molecule is CCC[C@H](C)Nc1ccc(C(=O)OC(C)C)cc1S(=O)(=O)Nc1ccc(C)cc1. The van der Waals surface area contributed by atoms with Crippen molar-refractivity contribution in [2.75, 3.05) is 10.0 Å². The van der Waals surface area contributed by atoms with Crippen molar-refractivity contribution in [3.63, 3.8) is 0 Å². The predicted octanol–water partition coefficient (Wildman–Crippen LogP) is 4.96. The minimum Gasteiger partial charge on any atom is -0.459 e. The Morgan fingerprint density at radius 2 is 1.72 bits per heavy atom. The molecule has 2 N–H and O–H groups in total. The second-order valence-electron chi connectivity index (χ2n) is 7.47. The fourth-order valence-corrected chi connectivity index (χ4v) is 4.13. The first-order valence-electron chi connectivity index (χ1n) is 9.83. The highest BCUT2D eigenvalue weighted by Crippen LogP contribution is 2.27. The van der Waals surface area contributed by atoms with E-state index in [1.165, 1.54) is 6.07 Å². The monoisotopic (exact) mass is 418 g/mol.